The zero-order valence-electron chi connectivity index (χ0n) is 15.2. The number of nitrogens with zero attached hydrogens (tertiary/aromatic N) is 4. The molecule has 0 radical (unpaired) electrons. The lowest BCUT2D eigenvalue weighted by molar-refractivity contribution is 0.237. The van der Waals surface area contributed by atoms with E-state index in [2.05, 4.69) is 33.5 Å². The number of furan rings is 1. The van der Waals surface area contributed by atoms with Crippen molar-refractivity contribution in [3.05, 3.63) is 40.6 Å². The maximum Gasteiger partial charge on any atom is 0.118 e. The highest BCUT2D eigenvalue weighted by Gasteiger charge is 2.24. The Kier molecular flexibility index (Phi) is 4.65. The fourth-order valence-corrected chi connectivity index (χ4v) is 3.91. The van der Waals surface area contributed by atoms with Crippen molar-refractivity contribution in [1.82, 2.24) is 19.6 Å². The summed E-state index contributed by atoms with van der Waals surface area (Å²) in [4.78, 5) is 4.59. The van der Waals surface area contributed by atoms with E-state index in [0.29, 0.717) is 13.0 Å². The molecule has 2 aliphatic heterocycles. The molecule has 25 heavy (non-hydrogen) atoms. The van der Waals surface area contributed by atoms with Gasteiger partial charge in [-0.1, -0.05) is 0 Å². The van der Waals surface area contributed by atoms with Crippen molar-refractivity contribution in [2.75, 3.05) is 19.6 Å². The van der Waals surface area contributed by atoms with Gasteiger partial charge in [-0.15, -0.1) is 0 Å². The molecular weight excluding hydrogens is 319 g/mol. The quantitative estimate of drug-likeness (QED) is 0.853. The molecule has 1 saturated heterocycles. The first-order valence-electron chi connectivity index (χ1n) is 9.27. The summed E-state index contributed by atoms with van der Waals surface area (Å²) in [5.41, 5.74) is 3.54. The van der Waals surface area contributed by atoms with Gasteiger partial charge in [-0.3, -0.25) is 14.5 Å². The molecule has 0 aromatic carbocycles. The summed E-state index contributed by atoms with van der Waals surface area (Å²) in [6.07, 6.45) is 1.07. The number of likely N-dealkylation sites (tertiary alicyclic amines) is 1. The molecule has 0 aliphatic carbocycles. The van der Waals surface area contributed by atoms with Crippen LogP contribution in [-0.2, 0) is 26.2 Å². The summed E-state index contributed by atoms with van der Waals surface area (Å²) in [6.45, 7) is 9.98. The summed E-state index contributed by atoms with van der Waals surface area (Å²) in [7, 11) is 0. The Bertz CT molecular complexity index is 718. The van der Waals surface area contributed by atoms with Crippen molar-refractivity contribution in [2.45, 2.75) is 59.0 Å². The van der Waals surface area contributed by atoms with Gasteiger partial charge >= 0.3 is 0 Å². The third-order valence-corrected chi connectivity index (χ3v) is 5.34. The predicted molar refractivity (Wildman–Crippen MR) is 93.9 cm³/mol. The SMILES string of the molecule is Cc1cc(CN2CCCn3nc(CN4CC[C@H](F)C4)cc3C2)oc1C. The van der Waals surface area contributed by atoms with Crippen LogP contribution in [0, 0.1) is 13.8 Å². The van der Waals surface area contributed by atoms with E-state index < -0.39 is 6.17 Å². The van der Waals surface area contributed by atoms with E-state index in [1.54, 1.807) is 0 Å². The summed E-state index contributed by atoms with van der Waals surface area (Å²) < 4.78 is 21.3. The average molecular weight is 346 g/mol. The van der Waals surface area contributed by atoms with Crippen LogP contribution in [0.5, 0.6) is 0 Å². The number of fused-ring (bicyclic) bond motifs is 1. The maximum atomic E-state index is 13.4. The van der Waals surface area contributed by atoms with Gasteiger partial charge in [0.05, 0.1) is 17.9 Å². The second-order valence-electron chi connectivity index (χ2n) is 7.49. The third kappa shape index (κ3) is 3.80. The molecule has 2 aliphatic rings. The molecule has 0 bridgehead atoms. The minimum Gasteiger partial charge on any atom is -0.465 e. The molecule has 0 unspecified atom stereocenters. The van der Waals surface area contributed by atoms with Crippen LogP contribution < -0.4 is 0 Å². The van der Waals surface area contributed by atoms with E-state index in [4.69, 9.17) is 9.52 Å². The van der Waals surface area contributed by atoms with Crippen molar-refractivity contribution in [2.24, 2.45) is 0 Å². The maximum absolute atomic E-state index is 13.4. The van der Waals surface area contributed by atoms with Crippen LogP contribution in [-0.4, -0.2) is 45.4 Å². The third-order valence-electron chi connectivity index (χ3n) is 5.34. The van der Waals surface area contributed by atoms with E-state index >= 15 is 0 Å². The van der Waals surface area contributed by atoms with Gasteiger partial charge in [-0.2, -0.15) is 5.10 Å². The van der Waals surface area contributed by atoms with Gasteiger partial charge in [0.15, 0.2) is 0 Å². The van der Waals surface area contributed by atoms with Crippen LogP contribution in [0.1, 0.15) is 41.3 Å². The fourth-order valence-electron chi connectivity index (χ4n) is 3.91. The van der Waals surface area contributed by atoms with Crippen molar-refractivity contribution in [3.63, 3.8) is 0 Å². The number of hydrogen-bond acceptors (Lipinski definition) is 4. The number of aryl methyl sites for hydroxylation is 3. The number of rotatable bonds is 4. The first kappa shape index (κ1) is 16.8. The number of aromatic nitrogens is 2. The van der Waals surface area contributed by atoms with Crippen LogP contribution in [0.4, 0.5) is 4.39 Å². The van der Waals surface area contributed by atoms with E-state index in [9.17, 15) is 4.39 Å². The Morgan fingerprint density at radius 3 is 2.76 bits per heavy atom. The molecule has 6 heteroatoms. The van der Waals surface area contributed by atoms with Crippen LogP contribution in [0.15, 0.2) is 16.5 Å². The fraction of sp³-hybridized carbons (Fsp3) is 0.632. The summed E-state index contributed by atoms with van der Waals surface area (Å²) in [5, 5.41) is 4.76. The molecule has 2 aromatic heterocycles. The molecule has 1 atom stereocenters. The lowest BCUT2D eigenvalue weighted by atomic mass is 10.2. The normalized spacial score (nSPS) is 22.3. The lowest BCUT2D eigenvalue weighted by Crippen LogP contribution is -2.22. The van der Waals surface area contributed by atoms with Gasteiger partial charge in [-0.25, -0.2) is 4.39 Å². The molecule has 0 spiro atoms. The molecule has 2 aromatic rings. The Hall–Kier alpha value is -1.66. The molecule has 0 saturated carbocycles. The topological polar surface area (TPSA) is 37.4 Å². The van der Waals surface area contributed by atoms with Gasteiger partial charge in [0, 0.05) is 39.3 Å². The van der Waals surface area contributed by atoms with E-state index in [-0.39, 0.29) is 0 Å². The van der Waals surface area contributed by atoms with Gasteiger partial charge in [-0.05, 0) is 44.4 Å². The summed E-state index contributed by atoms with van der Waals surface area (Å²) >= 11 is 0. The van der Waals surface area contributed by atoms with Gasteiger partial charge < -0.3 is 4.42 Å². The van der Waals surface area contributed by atoms with Gasteiger partial charge in [0.1, 0.15) is 17.7 Å². The summed E-state index contributed by atoms with van der Waals surface area (Å²) in [5.74, 6) is 2.04. The Morgan fingerprint density at radius 2 is 2.04 bits per heavy atom. The van der Waals surface area contributed by atoms with Gasteiger partial charge in [0.25, 0.3) is 0 Å². The van der Waals surface area contributed by atoms with E-state index in [0.717, 1.165) is 62.9 Å². The van der Waals surface area contributed by atoms with Crippen molar-refractivity contribution in [3.8, 4) is 0 Å². The zero-order chi connectivity index (χ0) is 17.4. The monoisotopic (exact) mass is 346 g/mol. The van der Waals surface area contributed by atoms with Crippen molar-refractivity contribution >= 4 is 0 Å². The molecule has 136 valence electrons. The van der Waals surface area contributed by atoms with Crippen molar-refractivity contribution < 1.29 is 8.81 Å². The highest BCUT2D eigenvalue weighted by atomic mass is 19.1. The molecule has 0 N–H and O–H groups in total. The smallest absolute Gasteiger partial charge is 0.118 e. The Labute approximate surface area is 148 Å². The Morgan fingerprint density at radius 1 is 1.16 bits per heavy atom. The van der Waals surface area contributed by atoms with Crippen LogP contribution in [0.2, 0.25) is 0 Å². The number of alkyl halides is 1. The standard InChI is InChI=1S/C19H27FN4O/c1-14-8-19(25-15(14)2)13-22-5-3-6-24-18(12-22)9-17(21-24)11-23-7-4-16(20)10-23/h8-9,16H,3-7,10-13H2,1-2H3/t16-/m0/s1. The predicted octanol–water partition coefficient (Wildman–Crippen LogP) is 3.04. The molecule has 1 fully saturated rings. The molecule has 5 nitrogen and oxygen atoms in total. The first-order chi connectivity index (χ1) is 12.1. The lowest BCUT2D eigenvalue weighted by Gasteiger charge is -2.17. The second kappa shape index (κ2) is 6.92. The molecule has 0 amide bonds. The molecule has 4 heterocycles. The minimum atomic E-state index is -0.670. The average Bonchev–Trinajstić information content (AvgIpc) is 3.18. The molecular formula is C19H27FN4O. The van der Waals surface area contributed by atoms with Crippen LogP contribution in [0.25, 0.3) is 0 Å². The largest absolute Gasteiger partial charge is 0.465 e. The highest BCUT2D eigenvalue weighted by Crippen LogP contribution is 2.21. The number of hydrogen-bond donors (Lipinski definition) is 0. The van der Waals surface area contributed by atoms with E-state index in [1.807, 2.05) is 6.92 Å². The molecule has 4 rings (SSSR count). The van der Waals surface area contributed by atoms with Crippen molar-refractivity contribution in [1.29, 1.82) is 0 Å². The van der Waals surface area contributed by atoms with Crippen LogP contribution in [0.3, 0.4) is 0 Å². The Balaban J connectivity index is 1.43. The highest BCUT2D eigenvalue weighted by molar-refractivity contribution is 5.19. The second-order valence-corrected chi connectivity index (χ2v) is 7.49. The first-order valence-corrected chi connectivity index (χ1v) is 9.27. The zero-order valence-corrected chi connectivity index (χ0v) is 15.2. The summed E-state index contributed by atoms with van der Waals surface area (Å²) in [6, 6.07) is 4.34. The van der Waals surface area contributed by atoms with Gasteiger partial charge in [0.2, 0.25) is 0 Å². The minimum absolute atomic E-state index is 0.547. The number of halogens is 1. The van der Waals surface area contributed by atoms with Crippen LogP contribution >= 0.6 is 0 Å². The van der Waals surface area contributed by atoms with E-state index in [1.165, 1.54) is 11.3 Å².